The smallest absolute Gasteiger partial charge is 0.348 e. The fourth-order valence-corrected chi connectivity index (χ4v) is 7.61. The molecular weight excluding hydrogens is 672 g/mol. The van der Waals surface area contributed by atoms with Crippen molar-refractivity contribution in [1.82, 2.24) is 10.2 Å². The summed E-state index contributed by atoms with van der Waals surface area (Å²) in [5.74, 6) is -3.52. The molecule has 1 spiro atoms. The van der Waals surface area contributed by atoms with Gasteiger partial charge in [0.2, 0.25) is 17.9 Å². The summed E-state index contributed by atoms with van der Waals surface area (Å²) in [5, 5.41) is 11.8. The Labute approximate surface area is 300 Å². The molecule has 2 aromatic rings. The summed E-state index contributed by atoms with van der Waals surface area (Å²) in [5.41, 5.74) is 2.81. The molecular formula is C39H42N2O11. The number of rotatable bonds is 9. The van der Waals surface area contributed by atoms with Gasteiger partial charge in [-0.1, -0.05) is 50.2 Å². The van der Waals surface area contributed by atoms with Crippen LogP contribution in [0, 0.1) is 5.41 Å². The Bertz CT molecular complexity index is 1790. The Morgan fingerprint density at radius 3 is 2.42 bits per heavy atom. The highest BCUT2D eigenvalue weighted by Crippen LogP contribution is 2.45. The van der Waals surface area contributed by atoms with E-state index in [9.17, 15) is 29.1 Å². The molecule has 3 heterocycles. The number of aliphatic hydroxyl groups is 1. The van der Waals surface area contributed by atoms with Crippen LogP contribution in [0.1, 0.15) is 60.2 Å². The zero-order chi connectivity index (χ0) is 36.6. The number of carbonyl (C=O) groups excluding carboxylic acids is 5. The van der Waals surface area contributed by atoms with Crippen LogP contribution in [0.15, 0.2) is 66.3 Å². The van der Waals surface area contributed by atoms with Crippen molar-refractivity contribution in [1.29, 1.82) is 0 Å². The largest absolute Gasteiger partial charge is 0.462 e. The fraction of sp³-hybridized carbons (Fsp3) is 0.462. The highest BCUT2D eigenvalue weighted by atomic mass is 16.8. The first-order valence-corrected chi connectivity index (χ1v) is 17.6. The average molecular weight is 715 g/mol. The molecule has 0 aromatic heterocycles. The van der Waals surface area contributed by atoms with Gasteiger partial charge in [-0.05, 0) is 53.8 Å². The molecule has 2 amide bonds. The number of aliphatic hydroxyl groups excluding tert-OH is 1. The minimum absolute atomic E-state index is 0.0634. The van der Waals surface area contributed by atoms with Gasteiger partial charge in [-0.3, -0.25) is 9.59 Å². The number of likely N-dealkylation sites (tertiary alicyclic amines) is 1. The van der Waals surface area contributed by atoms with E-state index in [0.29, 0.717) is 43.4 Å². The van der Waals surface area contributed by atoms with Crippen LogP contribution < -0.4 is 5.32 Å². The van der Waals surface area contributed by atoms with Crippen molar-refractivity contribution in [2.24, 2.45) is 5.41 Å². The van der Waals surface area contributed by atoms with E-state index < -0.39 is 59.6 Å². The molecule has 0 bridgehead atoms. The van der Waals surface area contributed by atoms with Crippen molar-refractivity contribution in [3.05, 3.63) is 88.5 Å². The maximum Gasteiger partial charge on any atom is 0.348 e. The number of esters is 3. The molecule has 5 aliphatic rings. The monoisotopic (exact) mass is 714 g/mol. The predicted octanol–water partition coefficient (Wildman–Crippen LogP) is 2.43. The molecule has 0 radical (unpaired) electrons. The summed E-state index contributed by atoms with van der Waals surface area (Å²) >= 11 is 0. The molecule has 0 unspecified atom stereocenters. The van der Waals surface area contributed by atoms with Gasteiger partial charge in [-0.25, -0.2) is 14.4 Å². The van der Waals surface area contributed by atoms with Crippen molar-refractivity contribution < 1.29 is 52.8 Å². The summed E-state index contributed by atoms with van der Waals surface area (Å²) < 4.78 is 29.6. The summed E-state index contributed by atoms with van der Waals surface area (Å²) in [7, 11) is 0. The van der Waals surface area contributed by atoms with Crippen LogP contribution in [0.2, 0.25) is 0 Å². The zero-order valence-electron chi connectivity index (χ0n) is 29.1. The van der Waals surface area contributed by atoms with Crippen molar-refractivity contribution in [2.45, 2.75) is 82.2 Å². The Balaban J connectivity index is 1.06. The maximum absolute atomic E-state index is 14.0. The molecule has 7 rings (SSSR count). The van der Waals surface area contributed by atoms with Crippen LogP contribution in [-0.4, -0.2) is 102 Å². The van der Waals surface area contributed by atoms with E-state index in [1.54, 1.807) is 44.2 Å². The third kappa shape index (κ3) is 7.12. The predicted molar refractivity (Wildman–Crippen MR) is 183 cm³/mol. The number of amides is 2. The molecule has 0 saturated carbocycles. The van der Waals surface area contributed by atoms with Gasteiger partial charge >= 0.3 is 17.9 Å². The van der Waals surface area contributed by atoms with Gasteiger partial charge in [0.05, 0.1) is 12.2 Å². The first-order valence-electron chi connectivity index (χ1n) is 17.6. The van der Waals surface area contributed by atoms with Gasteiger partial charge in [0.25, 0.3) is 0 Å². The topological polar surface area (TPSA) is 167 Å². The Morgan fingerprint density at radius 1 is 1.02 bits per heavy atom. The summed E-state index contributed by atoms with van der Waals surface area (Å²) in [6.45, 7) is 4.01. The Kier molecular flexibility index (Phi) is 9.77. The van der Waals surface area contributed by atoms with E-state index in [1.807, 2.05) is 24.3 Å². The van der Waals surface area contributed by atoms with Crippen LogP contribution in [0.4, 0.5) is 0 Å². The van der Waals surface area contributed by atoms with Gasteiger partial charge in [-0.2, -0.15) is 0 Å². The number of cyclic esters (lactones) is 1. The van der Waals surface area contributed by atoms with E-state index in [1.165, 1.54) is 17.1 Å². The van der Waals surface area contributed by atoms with Gasteiger partial charge in [0.1, 0.15) is 31.0 Å². The number of nitrogens with one attached hydrogen (secondary N) is 1. The standard InChI is InChI=1S/C39H42N2O11/c1-38(2)22-48-37(47)33(38)50-31(43)14-11-23-9-12-24(13-10-23)36(46)49-29-18-27(35(45)41-16-5-8-28(41)34(44)40-15-17-42)19-30-32(29)52-39(51-30)20-25-6-3-4-7-26(25)21-39/h3-4,6-7,9-14,19,28-30,32-33,42H,5,8,15-18,20-22H2,1-2H3,(H,40,44)/t28-,29-,30-,32+,33+/m1/s1. The molecule has 2 aliphatic carbocycles. The van der Waals surface area contributed by atoms with E-state index in [4.69, 9.17) is 23.7 Å². The van der Waals surface area contributed by atoms with Crippen LogP contribution in [-0.2, 0) is 55.7 Å². The SMILES string of the molecule is CC1(C)COC(=O)[C@@H]1OC(=O)C=Cc1ccc(C(=O)O[C@@H]2CC(C(=O)N3CCC[C@@H]3C(=O)NCCO)=C[C@H]3OC4(Cc5ccccc5C4)O[C@H]32)cc1. The summed E-state index contributed by atoms with van der Waals surface area (Å²) in [6, 6.07) is 13.7. The number of carbonyl (C=O) groups is 5. The van der Waals surface area contributed by atoms with Crippen molar-refractivity contribution in [2.75, 3.05) is 26.3 Å². The number of hydrogen-bond donors (Lipinski definition) is 2. The summed E-state index contributed by atoms with van der Waals surface area (Å²) in [6.07, 6.45) is 3.50. The number of hydrogen-bond acceptors (Lipinski definition) is 11. The number of fused-ring (bicyclic) bond motifs is 2. The van der Waals surface area contributed by atoms with Crippen molar-refractivity contribution in [3.63, 3.8) is 0 Å². The maximum atomic E-state index is 14.0. The molecule has 13 nitrogen and oxygen atoms in total. The van der Waals surface area contributed by atoms with E-state index in [0.717, 1.165) is 11.1 Å². The zero-order valence-corrected chi connectivity index (χ0v) is 29.1. The number of nitrogens with zero attached hydrogens (tertiary/aromatic N) is 1. The first-order chi connectivity index (χ1) is 24.9. The molecule has 3 saturated heterocycles. The summed E-state index contributed by atoms with van der Waals surface area (Å²) in [4.78, 5) is 66.4. The third-order valence-corrected chi connectivity index (χ3v) is 10.3. The van der Waals surface area contributed by atoms with Crippen molar-refractivity contribution >= 4 is 35.8 Å². The van der Waals surface area contributed by atoms with Gasteiger partial charge in [-0.15, -0.1) is 0 Å². The highest BCUT2D eigenvalue weighted by molar-refractivity contribution is 5.98. The lowest BCUT2D eigenvalue weighted by atomic mass is 9.90. The second kappa shape index (κ2) is 14.3. The van der Waals surface area contributed by atoms with Gasteiger partial charge < -0.3 is 39.0 Å². The molecule has 274 valence electrons. The van der Waals surface area contributed by atoms with E-state index in [2.05, 4.69) is 5.32 Å². The molecule has 2 aromatic carbocycles. The Morgan fingerprint density at radius 2 is 1.75 bits per heavy atom. The lowest BCUT2D eigenvalue weighted by Crippen LogP contribution is -2.49. The minimum atomic E-state index is -0.992. The molecule has 52 heavy (non-hydrogen) atoms. The van der Waals surface area contributed by atoms with Crippen LogP contribution in [0.5, 0.6) is 0 Å². The number of ether oxygens (including phenoxy) is 5. The molecule has 2 N–H and O–H groups in total. The van der Waals surface area contributed by atoms with Gasteiger partial charge in [0, 0.05) is 49.4 Å². The lowest BCUT2D eigenvalue weighted by molar-refractivity contribution is -0.172. The van der Waals surface area contributed by atoms with Crippen LogP contribution >= 0.6 is 0 Å². The quantitative estimate of drug-likeness (QED) is 0.223. The third-order valence-electron chi connectivity index (χ3n) is 10.3. The van der Waals surface area contributed by atoms with Crippen LogP contribution in [0.25, 0.3) is 6.08 Å². The van der Waals surface area contributed by atoms with Crippen LogP contribution in [0.3, 0.4) is 0 Å². The average Bonchev–Trinajstić information content (AvgIpc) is 3.91. The molecule has 13 heteroatoms. The van der Waals surface area contributed by atoms with E-state index in [-0.39, 0.29) is 43.6 Å². The van der Waals surface area contributed by atoms with Gasteiger partial charge in [0.15, 0.2) is 5.79 Å². The minimum Gasteiger partial charge on any atom is -0.462 e. The second-order valence-electron chi connectivity index (χ2n) is 14.6. The van der Waals surface area contributed by atoms with E-state index >= 15 is 0 Å². The number of benzene rings is 2. The lowest BCUT2D eigenvalue weighted by Gasteiger charge is -2.32. The molecule has 5 atom stereocenters. The molecule has 3 aliphatic heterocycles. The van der Waals surface area contributed by atoms with Crippen molar-refractivity contribution in [3.8, 4) is 0 Å². The normalized spacial score (nSPS) is 26.8. The highest BCUT2D eigenvalue weighted by Gasteiger charge is 2.55. The Hall–Kier alpha value is -4.85. The molecule has 3 fully saturated rings. The fourth-order valence-electron chi connectivity index (χ4n) is 7.61. The first kappa shape index (κ1) is 35.5. The second-order valence-corrected chi connectivity index (χ2v) is 14.6.